The van der Waals surface area contributed by atoms with Crippen LogP contribution in [0.4, 0.5) is 0 Å². The number of carbonyl (C=O) groups excluding carboxylic acids is 3. The van der Waals surface area contributed by atoms with Crippen molar-refractivity contribution >= 4 is 17.9 Å². The third-order valence-electron chi connectivity index (χ3n) is 11.6. The van der Waals surface area contributed by atoms with E-state index in [9.17, 15) is 14.4 Å². The molecule has 0 heterocycles. The number of allylic oxidation sites excluding steroid dienone is 18. The summed E-state index contributed by atoms with van der Waals surface area (Å²) in [5, 5.41) is 0. The van der Waals surface area contributed by atoms with Gasteiger partial charge in [0.05, 0.1) is 0 Å². The van der Waals surface area contributed by atoms with Gasteiger partial charge in [-0.3, -0.25) is 14.4 Å². The lowest BCUT2D eigenvalue weighted by atomic mass is 10.1. The van der Waals surface area contributed by atoms with Crippen molar-refractivity contribution in [3.05, 3.63) is 109 Å². The largest absolute Gasteiger partial charge is 0.462 e. The fourth-order valence-electron chi connectivity index (χ4n) is 7.38. The highest BCUT2D eigenvalue weighted by Crippen LogP contribution is 2.14. The van der Waals surface area contributed by atoms with Crippen LogP contribution < -0.4 is 0 Å². The highest BCUT2D eigenvalue weighted by molar-refractivity contribution is 5.71. The van der Waals surface area contributed by atoms with Gasteiger partial charge in [-0.05, 0) is 103 Å². The number of rotatable bonds is 49. The molecule has 6 heteroatoms. The second-order valence-corrected chi connectivity index (χ2v) is 18.2. The molecule has 0 aromatic heterocycles. The highest BCUT2D eigenvalue weighted by Gasteiger charge is 2.19. The highest BCUT2D eigenvalue weighted by atomic mass is 16.6. The second kappa shape index (κ2) is 55.7. The van der Waals surface area contributed by atoms with Crippen LogP contribution in [0.1, 0.15) is 245 Å². The molecular weight excluding hydrogens is 841 g/mol. The molecule has 0 aliphatic heterocycles. The van der Waals surface area contributed by atoms with E-state index in [0.29, 0.717) is 19.3 Å². The Kier molecular flexibility index (Phi) is 52.4. The minimum absolute atomic E-state index is 0.113. The van der Waals surface area contributed by atoms with Crippen molar-refractivity contribution in [1.29, 1.82) is 0 Å². The molecule has 0 spiro atoms. The summed E-state index contributed by atoms with van der Waals surface area (Å²) in [6.45, 7) is 6.40. The van der Waals surface area contributed by atoms with Gasteiger partial charge in [0.2, 0.25) is 0 Å². The number of esters is 3. The van der Waals surface area contributed by atoms with Gasteiger partial charge in [0.25, 0.3) is 0 Å². The number of carbonyl (C=O) groups is 3. The van der Waals surface area contributed by atoms with Gasteiger partial charge in [-0.1, -0.05) is 233 Å². The van der Waals surface area contributed by atoms with Crippen molar-refractivity contribution in [2.75, 3.05) is 13.2 Å². The monoisotopic (exact) mass is 943 g/mol. The molecule has 0 N–H and O–H groups in total. The summed E-state index contributed by atoms with van der Waals surface area (Å²) in [4.78, 5) is 38.1. The van der Waals surface area contributed by atoms with Crippen LogP contribution in [-0.2, 0) is 28.6 Å². The minimum Gasteiger partial charge on any atom is -0.462 e. The van der Waals surface area contributed by atoms with E-state index in [4.69, 9.17) is 14.2 Å². The van der Waals surface area contributed by atoms with Gasteiger partial charge in [0, 0.05) is 19.3 Å². The van der Waals surface area contributed by atoms with Crippen LogP contribution in [0.3, 0.4) is 0 Å². The number of hydrogen-bond acceptors (Lipinski definition) is 6. The summed E-state index contributed by atoms with van der Waals surface area (Å²) in [5.74, 6) is -1.00. The van der Waals surface area contributed by atoms with Crippen molar-refractivity contribution in [2.45, 2.75) is 252 Å². The molecule has 1 unspecified atom stereocenters. The Morgan fingerprint density at radius 2 is 0.647 bits per heavy atom. The van der Waals surface area contributed by atoms with E-state index in [1.165, 1.54) is 96.3 Å². The lowest BCUT2D eigenvalue weighted by molar-refractivity contribution is -0.167. The van der Waals surface area contributed by atoms with Crippen molar-refractivity contribution in [2.24, 2.45) is 0 Å². The van der Waals surface area contributed by atoms with E-state index in [1.54, 1.807) is 0 Å². The van der Waals surface area contributed by atoms with Gasteiger partial charge >= 0.3 is 17.9 Å². The Morgan fingerprint density at radius 3 is 1.12 bits per heavy atom. The molecule has 0 saturated carbocycles. The number of ether oxygens (including phenoxy) is 3. The predicted molar refractivity (Wildman–Crippen MR) is 293 cm³/mol. The molecule has 386 valence electrons. The Bertz CT molecular complexity index is 1410. The number of unbranched alkanes of at least 4 members (excludes halogenated alkanes) is 23. The maximum Gasteiger partial charge on any atom is 0.306 e. The zero-order valence-electron chi connectivity index (χ0n) is 44.1. The normalized spacial score (nSPS) is 12.9. The number of hydrogen-bond donors (Lipinski definition) is 0. The topological polar surface area (TPSA) is 78.9 Å². The first-order chi connectivity index (χ1) is 33.5. The SMILES string of the molecule is CC\C=C/C=C\C=C/C=C\CCCCCCCC(=O)OCC(COC(=O)CCCCCCC/C=C\CCCCCCCCCCC)OC(=O)CCC/C=C\C/C=C\C/C=C\C/C=C\CCCCC. The summed E-state index contributed by atoms with van der Waals surface area (Å²) in [6, 6.07) is 0. The summed E-state index contributed by atoms with van der Waals surface area (Å²) in [6.07, 6.45) is 75.1. The van der Waals surface area contributed by atoms with Crippen LogP contribution in [0, 0.1) is 0 Å². The maximum atomic E-state index is 12.8. The molecule has 0 amide bonds. The molecule has 0 bridgehead atoms. The third kappa shape index (κ3) is 53.0. The van der Waals surface area contributed by atoms with Crippen molar-refractivity contribution < 1.29 is 28.6 Å². The lowest BCUT2D eigenvalue weighted by Gasteiger charge is -2.18. The Balaban J connectivity index is 4.53. The van der Waals surface area contributed by atoms with E-state index in [0.717, 1.165) is 103 Å². The van der Waals surface area contributed by atoms with Crippen molar-refractivity contribution in [3.8, 4) is 0 Å². The molecule has 0 aliphatic rings. The molecule has 0 saturated heterocycles. The van der Waals surface area contributed by atoms with E-state index in [2.05, 4.69) is 112 Å². The zero-order valence-corrected chi connectivity index (χ0v) is 44.1. The molecular formula is C62H102O6. The minimum atomic E-state index is -0.822. The lowest BCUT2D eigenvalue weighted by Crippen LogP contribution is -2.30. The molecule has 0 radical (unpaired) electrons. The predicted octanol–water partition coefficient (Wildman–Crippen LogP) is 18.7. The van der Waals surface area contributed by atoms with Crippen molar-refractivity contribution in [3.63, 3.8) is 0 Å². The third-order valence-corrected chi connectivity index (χ3v) is 11.6. The first-order valence-electron chi connectivity index (χ1n) is 27.9. The molecule has 1 atom stereocenters. The van der Waals surface area contributed by atoms with Crippen molar-refractivity contribution in [1.82, 2.24) is 0 Å². The van der Waals surface area contributed by atoms with Crippen LogP contribution in [0.5, 0.6) is 0 Å². The van der Waals surface area contributed by atoms with E-state index in [1.807, 2.05) is 18.2 Å². The summed E-state index contributed by atoms with van der Waals surface area (Å²) in [7, 11) is 0. The van der Waals surface area contributed by atoms with Crippen LogP contribution in [0.15, 0.2) is 109 Å². The van der Waals surface area contributed by atoms with Gasteiger partial charge in [0.15, 0.2) is 6.10 Å². The standard InChI is InChI=1S/C62H102O6/c1-4-7-10-13-16-19-22-25-28-30-32-34-37-40-43-46-49-52-55-61(64)67-58-59(57-66-60(63)54-51-48-45-42-39-36-33-27-24-21-18-15-12-9-6-3)68-62(65)56-53-50-47-44-41-38-35-31-29-26-23-20-17-14-11-8-5-2/h9,12,15,17-18,20-21,24,26-27,29,32-35,38,44,47,59H,4-8,10-11,13-14,16,19,22-23,25,28,30-31,36-37,39-43,45-46,48-58H2,1-3H3/b12-9-,18-15-,20-17-,24-21-,29-26-,33-27-,34-32-,38-35-,47-44-. The maximum absolute atomic E-state index is 12.8. The van der Waals surface area contributed by atoms with Crippen LogP contribution >= 0.6 is 0 Å². The summed E-state index contributed by atoms with van der Waals surface area (Å²) >= 11 is 0. The van der Waals surface area contributed by atoms with Crippen LogP contribution in [0.2, 0.25) is 0 Å². The summed E-state index contributed by atoms with van der Waals surface area (Å²) in [5.41, 5.74) is 0. The van der Waals surface area contributed by atoms with Gasteiger partial charge in [-0.15, -0.1) is 0 Å². The Hall–Kier alpha value is -3.93. The smallest absolute Gasteiger partial charge is 0.306 e. The quantitative estimate of drug-likeness (QED) is 0.0199. The Labute approximate surface area is 419 Å². The molecule has 0 rings (SSSR count). The summed E-state index contributed by atoms with van der Waals surface area (Å²) < 4.78 is 16.8. The van der Waals surface area contributed by atoms with Crippen LogP contribution in [0.25, 0.3) is 0 Å². The van der Waals surface area contributed by atoms with Gasteiger partial charge in [-0.2, -0.15) is 0 Å². The van der Waals surface area contributed by atoms with Gasteiger partial charge in [0.1, 0.15) is 13.2 Å². The second-order valence-electron chi connectivity index (χ2n) is 18.2. The van der Waals surface area contributed by atoms with Gasteiger partial charge in [-0.25, -0.2) is 0 Å². The zero-order chi connectivity index (χ0) is 49.3. The average molecular weight is 943 g/mol. The molecule has 6 nitrogen and oxygen atoms in total. The van der Waals surface area contributed by atoms with E-state index in [-0.39, 0.29) is 37.5 Å². The van der Waals surface area contributed by atoms with Gasteiger partial charge < -0.3 is 14.2 Å². The fraction of sp³-hybridized carbons (Fsp3) is 0.661. The molecule has 0 aromatic rings. The first-order valence-corrected chi connectivity index (χ1v) is 27.9. The average Bonchev–Trinajstić information content (AvgIpc) is 3.34. The fourth-order valence-corrected chi connectivity index (χ4v) is 7.38. The molecule has 0 fully saturated rings. The molecule has 0 aliphatic carbocycles. The Morgan fingerprint density at radius 1 is 0.324 bits per heavy atom. The van der Waals surface area contributed by atoms with E-state index >= 15 is 0 Å². The van der Waals surface area contributed by atoms with E-state index < -0.39 is 6.10 Å². The molecule has 0 aromatic carbocycles. The first kappa shape index (κ1) is 64.1. The molecule has 68 heavy (non-hydrogen) atoms. The van der Waals surface area contributed by atoms with Crippen LogP contribution in [-0.4, -0.2) is 37.2 Å².